The van der Waals surface area contributed by atoms with Gasteiger partial charge in [0.15, 0.2) is 0 Å². The molecule has 0 aromatic rings. The number of piperidine rings is 1. The average molecular weight is 166 g/mol. The maximum absolute atomic E-state index is 3.78. The highest BCUT2D eigenvalue weighted by atomic mass is 15.2. The van der Waals surface area contributed by atoms with Crippen molar-refractivity contribution in [3.63, 3.8) is 0 Å². The van der Waals surface area contributed by atoms with Gasteiger partial charge >= 0.3 is 0 Å². The first-order valence-corrected chi connectivity index (χ1v) is 4.97. The van der Waals surface area contributed by atoms with Crippen molar-refractivity contribution in [3.05, 3.63) is 12.7 Å². The minimum absolute atomic E-state index is 0.777. The standard InChI is InChI=1S/C10H18N2/c1-2-6-12-7-9-4-3-5-11-10(9)8-12/h2,9-11H,1,3-8H2/t9-,10+/m0/s1. The summed E-state index contributed by atoms with van der Waals surface area (Å²) in [4.78, 5) is 2.50. The van der Waals surface area contributed by atoms with Crippen LogP contribution in [0.3, 0.4) is 0 Å². The maximum Gasteiger partial charge on any atom is 0.0235 e. The van der Waals surface area contributed by atoms with Crippen LogP contribution in [0, 0.1) is 5.92 Å². The molecule has 0 aliphatic carbocycles. The zero-order valence-electron chi connectivity index (χ0n) is 7.63. The van der Waals surface area contributed by atoms with E-state index in [1.807, 2.05) is 6.08 Å². The summed E-state index contributed by atoms with van der Waals surface area (Å²) in [6.45, 7) is 8.58. The van der Waals surface area contributed by atoms with Gasteiger partial charge < -0.3 is 5.32 Å². The lowest BCUT2D eigenvalue weighted by Crippen LogP contribution is -2.40. The Bertz CT molecular complexity index is 153. The zero-order valence-corrected chi connectivity index (χ0v) is 7.63. The van der Waals surface area contributed by atoms with E-state index in [0.29, 0.717) is 0 Å². The van der Waals surface area contributed by atoms with Crippen LogP contribution in [-0.2, 0) is 0 Å². The second-order valence-electron chi connectivity index (χ2n) is 3.97. The number of fused-ring (bicyclic) bond motifs is 1. The van der Waals surface area contributed by atoms with Crippen molar-refractivity contribution in [2.75, 3.05) is 26.2 Å². The molecule has 0 unspecified atom stereocenters. The number of likely N-dealkylation sites (tertiary alicyclic amines) is 1. The predicted molar refractivity (Wildman–Crippen MR) is 51.2 cm³/mol. The Labute approximate surface area is 74.6 Å². The van der Waals surface area contributed by atoms with Gasteiger partial charge in [0.25, 0.3) is 0 Å². The van der Waals surface area contributed by atoms with E-state index in [-0.39, 0.29) is 0 Å². The largest absolute Gasteiger partial charge is 0.312 e. The summed E-state index contributed by atoms with van der Waals surface area (Å²) < 4.78 is 0. The number of hydrogen-bond donors (Lipinski definition) is 1. The maximum atomic E-state index is 3.78. The first kappa shape index (κ1) is 8.27. The predicted octanol–water partition coefficient (Wildman–Crippen LogP) is 0.856. The summed E-state index contributed by atoms with van der Waals surface area (Å²) in [5.74, 6) is 0.915. The van der Waals surface area contributed by atoms with Crippen molar-refractivity contribution in [2.24, 2.45) is 5.92 Å². The Morgan fingerprint density at radius 1 is 1.50 bits per heavy atom. The summed E-state index contributed by atoms with van der Waals surface area (Å²) in [5, 5.41) is 3.59. The SMILES string of the molecule is C=CCN1C[C@@H]2CCCN[C@@H]2C1. The summed E-state index contributed by atoms with van der Waals surface area (Å²) in [6.07, 6.45) is 4.80. The summed E-state index contributed by atoms with van der Waals surface area (Å²) in [5.41, 5.74) is 0. The Morgan fingerprint density at radius 3 is 3.17 bits per heavy atom. The highest BCUT2D eigenvalue weighted by Gasteiger charge is 2.33. The van der Waals surface area contributed by atoms with E-state index in [2.05, 4.69) is 16.8 Å². The van der Waals surface area contributed by atoms with Crippen LogP contribution in [0.4, 0.5) is 0 Å². The molecule has 0 bridgehead atoms. The summed E-state index contributed by atoms with van der Waals surface area (Å²) in [6, 6.07) is 0.777. The second kappa shape index (κ2) is 3.58. The van der Waals surface area contributed by atoms with Crippen LogP contribution >= 0.6 is 0 Å². The van der Waals surface area contributed by atoms with E-state index in [0.717, 1.165) is 18.5 Å². The molecule has 2 fully saturated rings. The van der Waals surface area contributed by atoms with Crippen molar-refractivity contribution < 1.29 is 0 Å². The highest BCUT2D eigenvalue weighted by molar-refractivity contribution is 4.93. The molecule has 2 atom stereocenters. The van der Waals surface area contributed by atoms with Crippen molar-refractivity contribution in [2.45, 2.75) is 18.9 Å². The lowest BCUT2D eigenvalue weighted by atomic mass is 9.94. The van der Waals surface area contributed by atoms with E-state index in [1.165, 1.54) is 32.5 Å². The fraction of sp³-hybridized carbons (Fsp3) is 0.800. The molecule has 2 heteroatoms. The molecular weight excluding hydrogens is 148 g/mol. The third-order valence-corrected chi connectivity index (χ3v) is 3.06. The van der Waals surface area contributed by atoms with Gasteiger partial charge in [-0.25, -0.2) is 0 Å². The number of hydrogen-bond acceptors (Lipinski definition) is 2. The van der Waals surface area contributed by atoms with Crippen molar-refractivity contribution in [1.82, 2.24) is 10.2 Å². The molecule has 2 saturated heterocycles. The molecule has 68 valence electrons. The summed E-state index contributed by atoms with van der Waals surface area (Å²) in [7, 11) is 0. The van der Waals surface area contributed by atoms with E-state index in [9.17, 15) is 0 Å². The highest BCUT2D eigenvalue weighted by Crippen LogP contribution is 2.24. The van der Waals surface area contributed by atoms with Crippen LogP contribution in [-0.4, -0.2) is 37.1 Å². The zero-order chi connectivity index (χ0) is 8.39. The van der Waals surface area contributed by atoms with Gasteiger partial charge in [0.1, 0.15) is 0 Å². The lowest BCUT2D eigenvalue weighted by molar-refractivity contribution is 0.335. The molecule has 0 radical (unpaired) electrons. The van der Waals surface area contributed by atoms with Crippen LogP contribution in [0.2, 0.25) is 0 Å². The number of nitrogens with zero attached hydrogens (tertiary/aromatic N) is 1. The molecule has 0 saturated carbocycles. The first-order valence-electron chi connectivity index (χ1n) is 4.97. The van der Waals surface area contributed by atoms with Crippen molar-refractivity contribution in [1.29, 1.82) is 0 Å². The van der Waals surface area contributed by atoms with Crippen LogP contribution in [0.15, 0.2) is 12.7 Å². The Balaban J connectivity index is 1.89. The van der Waals surface area contributed by atoms with Gasteiger partial charge in [-0.15, -0.1) is 6.58 Å². The molecule has 0 amide bonds. The van der Waals surface area contributed by atoms with Gasteiger partial charge in [0.2, 0.25) is 0 Å². The Hall–Kier alpha value is -0.340. The van der Waals surface area contributed by atoms with Crippen molar-refractivity contribution in [3.8, 4) is 0 Å². The van der Waals surface area contributed by atoms with Gasteiger partial charge in [-0.1, -0.05) is 6.08 Å². The molecule has 12 heavy (non-hydrogen) atoms. The Kier molecular flexibility index (Phi) is 2.47. The fourth-order valence-electron chi connectivity index (χ4n) is 2.47. The fourth-order valence-corrected chi connectivity index (χ4v) is 2.47. The number of rotatable bonds is 2. The monoisotopic (exact) mass is 166 g/mol. The molecule has 2 rings (SSSR count). The minimum atomic E-state index is 0.777. The van der Waals surface area contributed by atoms with Gasteiger partial charge in [0.05, 0.1) is 0 Å². The molecule has 2 aliphatic rings. The molecule has 2 aliphatic heterocycles. The van der Waals surface area contributed by atoms with E-state index < -0.39 is 0 Å². The smallest absolute Gasteiger partial charge is 0.0235 e. The topological polar surface area (TPSA) is 15.3 Å². The lowest BCUT2D eigenvalue weighted by Gasteiger charge is -2.24. The third kappa shape index (κ3) is 1.54. The van der Waals surface area contributed by atoms with Gasteiger partial charge in [-0.2, -0.15) is 0 Å². The van der Waals surface area contributed by atoms with Gasteiger partial charge in [-0.3, -0.25) is 4.90 Å². The van der Waals surface area contributed by atoms with E-state index in [4.69, 9.17) is 0 Å². The van der Waals surface area contributed by atoms with Gasteiger partial charge in [0, 0.05) is 25.7 Å². The minimum Gasteiger partial charge on any atom is -0.312 e. The van der Waals surface area contributed by atoms with E-state index >= 15 is 0 Å². The van der Waals surface area contributed by atoms with Crippen molar-refractivity contribution >= 4 is 0 Å². The van der Waals surface area contributed by atoms with Crippen LogP contribution in [0.25, 0.3) is 0 Å². The molecule has 1 N–H and O–H groups in total. The van der Waals surface area contributed by atoms with Crippen LogP contribution in [0.1, 0.15) is 12.8 Å². The molecule has 2 heterocycles. The third-order valence-electron chi connectivity index (χ3n) is 3.06. The number of nitrogens with one attached hydrogen (secondary N) is 1. The average Bonchev–Trinajstić information content (AvgIpc) is 2.47. The molecule has 2 nitrogen and oxygen atoms in total. The molecule has 0 aromatic heterocycles. The first-order chi connectivity index (χ1) is 5.90. The van der Waals surface area contributed by atoms with Crippen LogP contribution < -0.4 is 5.32 Å². The molecular formula is C10H18N2. The van der Waals surface area contributed by atoms with Gasteiger partial charge in [-0.05, 0) is 25.3 Å². The quantitative estimate of drug-likeness (QED) is 0.612. The molecule has 0 spiro atoms. The second-order valence-corrected chi connectivity index (χ2v) is 3.97. The van der Waals surface area contributed by atoms with Crippen LogP contribution in [0.5, 0.6) is 0 Å². The molecule has 0 aromatic carbocycles. The van der Waals surface area contributed by atoms with E-state index in [1.54, 1.807) is 0 Å². The summed E-state index contributed by atoms with van der Waals surface area (Å²) >= 11 is 0. The Morgan fingerprint density at radius 2 is 2.42 bits per heavy atom. The normalized spacial score (nSPS) is 36.3.